The Morgan fingerprint density at radius 3 is 2.65 bits per heavy atom. The maximum absolute atomic E-state index is 11.2. The van der Waals surface area contributed by atoms with E-state index in [1.54, 1.807) is 12.1 Å². The number of nitrogens with one attached hydrogen (secondary N) is 2. The van der Waals surface area contributed by atoms with Crippen molar-refractivity contribution in [1.82, 2.24) is 5.32 Å². The molecule has 0 unspecified atom stereocenters. The van der Waals surface area contributed by atoms with Gasteiger partial charge in [0.25, 0.3) is 5.69 Å². The van der Waals surface area contributed by atoms with E-state index in [-0.39, 0.29) is 5.69 Å². The summed E-state index contributed by atoms with van der Waals surface area (Å²) < 4.78 is 5.28. The predicted molar refractivity (Wildman–Crippen MR) is 93.8 cm³/mol. The van der Waals surface area contributed by atoms with Crippen molar-refractivity contribution in [2.24, 2.45) is 0 Å². The van der Waals surface area contributed by atoms with Crippen LogP contribution >= 0.6 is 12.2 Å². The molecule has 0 saturated heterocycles. The summed E-state index contributed by atoms with van der Waals surface area (Å²) in [5.74, 6) is 0.452. The van der Waals surface area contributed by atoms with Crippen LogP contribution in [0, 0.1) is 10.1 Å². The first-order valence-electron chi connectivity index (χ1n) is 7.10. The number of thiocarbonyl (C=S) groups is 1. The summed E-state index contributed by atoms with van der Waals surface area (Å²) in [6.45, 7) is 2.80. The molecule has 0 spiro atoms. The molecule has 0 saturated carbocycles. The number of hydrogen-bond acceptors (Lipinski definition) is 4. The molecule has 0 heterocycles. The van der Waals surface area contributed by atoms with Crippen molar-refractivity contribution in [1.29, 1.82) is 0 Å². The Morgan fingerprint density at radius 2 is 2.00 bits per heavy atom. The molecule has 2 N–H and O–H groups in total. The van der Waals surface area contributed by atoms with Gasteiger partial charge in [0, 0.05) is 6.54 Å². The lowest BCUT2D eigenvalue weighted by molar-refractivity contribution is -0.384. The number of hydrogen-bond donors (Lipinski definition) is 2. The van der Waals surface area contributed by atoms with E-state index in [1.807, 2.05) is 37.3 Å². The molecule has 0 aliphatic rings. The predicted octanol–water partition coefficient (Wildman–Crippen LogP) is 3.48. The molecular weight excluding hydrogens is 314 g/mol. The smallest absolute Gasteiger partial charge is 0.296 e. The highest BCUT2D eigenvalue weighted by Crippen LogP contribution is 2.29. The quantitative estimate of drug-likeness (QED) is 0.479. The highest BCUT2D eigenvalue weighted by Gasteiger charge is 2.16. The highest BCUT2D eigenvalue weighted by molar-refractivity contribution is 7.80. The van der Waals surface area contributed by atoms with Crippen LogP contribution in [0.25, 0.3) is 0 Å². The third kappa shape index (κ3) is 4.93. The van der Waals surface area contributed by atoms with Crippen LogP contribution in [-0.4, -0.2) is 16.6 Å². The number of nitrogens with zero attached hydrogens (tertiary/aromatic N) is 1. The first kappa shape index (κ1) is 16.7. The molecule has 0 radical (unpaired) electrons. The van der Waals surface area contributed by atoms with Gasteiger partial charge in [0.15, 0.2) is 5.11 Å². The van der Waals surface area contributed by atoms with Crippen molar-refractivity contribution in [3.63, 3.8) is 0 Å². The number of anilines is 1. The van der Waals surface area contributed by atoms with E-state index in [0.717, 1.165) is 5.56 Å². The molecule has 6 nitrogen and oxygen atoms in total. The largest absolute Gasteiger partial charge is 0.494 e. The van der Waals surface area contributed by atoms with Gasteiger partial charge in [-0.25, -0.2) is 0 Å². The summed E-state index contributed by atoms with van der Waals surface area (Å²) in [5, 5.41) is 17.4. The van der Waals surface area contributed by atoms with Crippen molar-refractivity contribution < 1.29 is 9.66 Å². The van der Waals surface area contributed by atoms with E-state index in [4.69, 9.17) is 17.0 Å². The average Bonchev–Trinajstić information content (AvgIpc) is 2.55. The molecule has 0 aromatic heterocycles. The Morgan fingerprint density at radius 1 is 1.26 bits per heavy atom. The molecular formula is C16H17N3O3S. The van der Waals surface area contributed by atoms with Crippen molar-refractivity contribution in [2.45, 2.75) is 13.5 Å². The lowest BCUT2D eigenvalue weighted by atomic mass is 10.2. The van der Waals surface area contributed by atoms with Gasteiger partial charge in [-0.05, 0) is 36.8 Å². The second-order valence-corrected chi connectivity index (χ2v) is 5.07. The van der Waals surface area contributed by atoms with Crippen LogP contribution < -0.4 is 15.4 Å². The third-order valence-corrected chi connectivity index (χ3v) is 3.27. The molecule has 120 valence electrons. The molecule has 0 aliphatic carbocycles. The number of ether oxygens (including phenoxy) is 1. The van der Waals surface area contributed by atoms with Gasteiger partial charge >= 0.3 is 0 Å². The van der Waals surface area contributed by atoms with Gasteiger partial charge in [-0.15, -0.1) is 0 Å². The molecule has 0 amide bonds. The zero-order chi connectivity index (χ0) is 16.7. The van der Waals surface area contributed by atoms with Gasteiger partial charge < -0.3 is 15.4 Å². The van der Waals surface area contributed by atoms with E-state index >= 15 is 0 Å². The number of benzene rings is 2. The summed E-state index contributed by atoms with van der Waals surface area (Å²) in [6, 6.07) is 14.4. The maximum Gasteiger partial charge on any atom is 0.296 e. The summed E-state index contributed by atoms with van der Waals surface area (Å²) in [5.41, 5.74) is 1.31. The van der Waals surface area contributed by atoms with Crippen molar-refractivity contribution in [2.75, 3.05) is 11.9 Å². The number of nitro benzene ring substituents is 1. The van der Waals surface area contributed by atoms with E-state index in [9.17, 15) is 10.1 Å². The first-order valence-corrected chi connectivity index (χ1v) is 7.51. The average molecular weight is 331 g/mol. The summed E-state index contributed by atoms with van der Waals surface area (Å²) in [7, 11) is 0. The summed E-state index contributed by atoms with van der Waals surface area (Å²) in [6.07, 6.45) is 0. The standard InChI is InChI=1S/C16H17N3O3S/c1-2-22-13-8-9-14(15(10-13)19(20)21)18-16(23)17-11-12-6-4-3-5-7-12/h3-10H,2,11H2,1H3,(H2,17,18,23). The fourth-order valence-corrected chi connectivity index (χ4v) is 2.15. The zero-order valence-corrected chi connectivity index (χ0v) is 13.4. The van der Waals surface area contributed by atoms with Crippen LogP contribution in [-0.2, 0) is 6.54 Å². The third-order valence-electron chi connectivity index (χ3n) is 3.02. The Labute approximate surface area is 139 Å². The first-order chi connectivity index (χ1) is 11.1. The molecule has 2 rings (SSSR count). The second kappa shape index (κ2) is 8.09. The Hall–Kier alpha value is -2.67. The summed E-state index contributed by atoms with van der Waals surface area (Å²) in [4.78, 5) is 10.7. The van der Waals surface area contributed by atoms with E-state index < -0.39 is 4.92 Å². The number of rotatable bonds is 6. The minimum absolute atomic E-state index is 0.0835. The molecule has 0 aliphatic heterocycles. The Bertz CT molecular complexity index is 692. The van der Waals surface area contributed by atoms with E-state index in [2.05, 4.69) is 10.6 Å². The Kier molecular flexibility index (Phi) is 5.87. The molecule has 7 heteroatoms. The van der Waals surface area contributed by atoms with Crippen LogP contribution in [0.1, 0.15) is 12.5 Å². The highest BCUT2D eigenvalue weighted by atomic mass is 32.1. The topological polar surface area (TPSA) is 76.4 Å². The zero-order valence-electron chi connectivity index (χ0n) is 12.6. The fourth-order valence-electron chi connectivity index (χ4n) is 1.97. The van der Waals surface area contributed by atoms with Crippen LogP contribution in [0.5, 0.6) is 5.75 Å². The van der Waals surface area contributed by atoms with E-state index in [1.165, 1.54) is 6.07 Å². The molecule has 2 aromatic carbocycles. The Balaban J connectivity index is 2.03. The van der Waals surface area contributed by atoms with Gasteiger partial charge in [-0.2, -0.15) is 0 Å². The van der Waals surface area contributed by atoms with Gasteiger partial charge in [0.2, 0.25) is 0 Å². The van der Waals surface area contributed by atoms with Crippen molar-refractivity contribution in [3.05, 3.63) is 64.2 Å². The molecule has 0 bridgehead atoms. The van der Waals surface area contributed by atoms with Crippen LogP contribution in [0.4, 0.5) is 11.4 Å². The van der Waals surface area contributed by atoms with Crippen molar-refractivity contribution >= 4 is 28.7 Å². The lowest BCUT2D eigenvalue weighted by Gasteiger charge is -2.12. The maximum atomic E-state index is 11.2. The van der Waals surface area contributed by atoms with Crippen LogP contribution in [0.3, 0.4) is 0 Å². The fraction of sp³-hybridized carbons (Fsp3) is 0.188. The second-order valence-electron chi connectivity index (χ2n) is 4.66. The van der Waals surface area contributed by atoms with Crippen molar-refractivity contribution in [3.8, 4) is 5.75 Å². The lowest BCUT2D eigenvalue weighted by Crippen LogP contribution is -2.28. The SMILES string of the molecule is CCOc1ccc(NC(=S)NCc2ccccc2)c([N+](=O)[O-])c1. The minimum Gasteiger partial charge on any atom is -0.494 e. The van der Waals surface area contributed by atoms with Gasteiger partial charge in [0.1, 0.15) is 11.4 Å². The molecule has 2 aromatic rings. The van der Waals surface area contributed by atoms with E-state index in [0.29, 0.717) is 29.7 Å². The van der Waals surface area contributed by atoms with Gasteiger partial charge in [-0.1, -0.05) is 30.3 Å². The molecule has 0 atom stereocenters. The normalized spacial score (nSPS) is 9.96. The van der Waals surface area contributed by atoms with Crippen LogP contribution in [0.15, 0.2) is 48.5 Å². The molecule has 23 heavy (non-hydrogen) atoms. The summed E-state index contributed by atoms with van der Waals surface area (Å²) >= 11 is 5.19. The van der Waals surface area contributed by atoms with Gasteiger partial charge in [0.05, 0.1) is 17.6 Å². The monoisotopic (exact) mass is 331 g/mol. The van der Waals surface area contributed by atoms with Crippen LogP contribution in [0.2, 0.25) is 0 Å². The van der Waals surface area contributed by atoms with Gasteiger partial charge in [-0.3, -0.25) is 10.1 Å². The minimum atomic E-state index is -0.468. The number of nitro groups is 1. The molecule has 0 fully saturated rings.